The second-order valence-corrected chi connectivity index (χ2v) is 6.17. The normalized spacial score (nSPS) is 12.0. The lowest BCUT2D eigenvalue weighted by Gasteiger charge is -2.15. The van der Waals surface area contributed by atoms with Crippen molar-refractivity contribution in [2.45, 2.75) is 32.4 Å². The molecule has 1 amide bonds. The molecular formula is C19H23ClN2O2. The van der Waals surface area contributed by atoms with Gasteiger partial charge in [0.2, 0.25) is 5.91 Å². The van der Waals surface area contributed by atoms with E-state index in [2.05, 4.69) is 17.6 Å². The van der Waals surface area contributed by atoms with Crippen molar-refractivity contribution >= 4 is 23.2 Å². The van der Waals surface area contributed by atoms with Crippen LogP contribution in [-0.4, -0.2) is 17.6 Å². The van der Waals surface area contributed by atoms with Gasteiger partial charge in [0.05, 0.1) is 6.61 Å². The second kappa shape index (κ2) is 9.42. The molecule has 128 valence electrons. The first-order valence-corrected chi connectivity index (χ1v) is 8.45. The molecular weight excluding hydrogens is 324 g/mol. The topological polar surface area (TPSA) is 61.4 Å². The van der Waals surface area contributed by atoms with Gasteiger partial charge in [-0.15, -0.1) is 0 Å². The van der Waals surface area contributed by atoms with Gasteiger partial charge in [-0.05, 0) is 55.3 Å². The first kappa shape index (κ1) is 18.5. The highest BCUT2D eigenvalue weighted by Gasteiger charge is 2.06. The van der Waals surface area contributed by atoms with Crippen LogP contribution < -0.4 is 10.6 Å². The molecule has 1 unspecified atom stereocenters. The number of benzene rings is 2. The molecule has 0 spiro atoms. The zero-order valence-corrected chi connectivity index (χ0v) is 14.5. The van der Waals surface area contributed by atoms with Crippen LogP contribution in [0.15, 0.2) is 48.5 Å². The number of hydrogen-bond acceptors (Lipinski definition) is 3. The lowest BCUT2D eigenvalue weighted by Crippen LogP contribution is -2.21. The maximum atomic E-state index is 11.9. The third-order valence-corrected chi connectivity index (χ3v) is 4.04. The molecule has 1 atom stereocenters. The van der Waals surface area contributed by atoms with E-state index >= 15 is 0 Å². The second-order valence-electron chi connectivity index (χ2n) is 5.74. The SMILES string of the molecule is CC(NCCCC(=O)Nc1ccc(Cl)cc1)c1cccc(CO)c1. The molecule has 2 rings (SSSR count). The summed E-state index contributed by atoms with van der Waals surface area (Å²) in [6, 6.07) is 15.1. The summed E-state index contributed by atoms with van der Waals surface area (Å²) in [6.07, 6.45) is 1.21. The Hall–Kier alpha value is -1.88. The lowest BCUT2D eigenvalue weighted by molar-refractivity contribution is -0.116. The largest absolute Gasteiger partial charge is 0.392 e. The number of aliphatic hydroxyl groups excluding tert-OH is 1. The van der Waals surface area contributed by atoms with Gasteiger partial charge in [0.1, 0.15) is 0 Å². The molecule has 0 aromatic heterocycles. The number of hydrogen-bond donors (Lipinski definition) is 3. The minimum atomic E-state index is -0.00551. The van der Waals surface area contributed by atoms with E-state index in [0.29, 0.717) is 11.4 Å². The quantitative estimate of drug-likeness (QED) is 0.635. The molecule has 2 aromatic carbocycles. The van der Waals surface area contributed by atoms with Crippen LogP contribution in [0.2, 0.25) is 5.02 Å². The molecule has 3 N–H and O–H groups in total. The summed E-state index contributed by atoms with van der Waals surface area (Å²) in [6.45, 7) is 2.87. The molecule has 5 heteroatoms. The zero-order chi connectivity index (χ0) is 17.4. The van der Waals surface area contributed by atoms with E-state index in [-0.39, 0.29) is 18.6 Å². The molecule has 0 saturated heterocycles. The van der Waals surface area contributed by atoms with E-state index in [4.69, 9.17) is 11.6 Å². The third kappa shape index (κ3) is 5.96. The Balaban J connectivity index is 1.70. The first-order chi connectivity index (χ1) is 11.6. The Kier molecular flexibility index (Phi) is 7.25. The first-order valence-electron chi connectivity index (χ1n) is 8.07. The molecule has 4 nitrogen and oxygen atoms in total. The van der Waals surface area contributed by atoms with Gasteiger partial charge < -0.3 is 15.7 Å². The maximum Gasteiger partial charge on any atom is 0.224 e. The molecule has 0 radical (unpaired) electrons. The van der Waals surface area contributed by atoms with Gasteiger partial charge in [-0.25, -0.2) is 0 Å². The number of halogens is 1. The summed E-state index contributed by atoms with van der Waals surface area (Å²) in [7, 11) is 0. The van der Waals surface area contributed by atoms with Crippen LogP contribution in [0.1, 0.15) is 36.9 Å². The van der Waals surface area contributed by atoms with Gasteiger partial charge in [0.15, 0.2) is 0 Å². The Morgan fingerprint density at radius 1 is 1.21 bits per heavy atom. The van der Waals surface area contributed by atoms with Crippen molar-refractivity contribution in [1.82, 2.24) is 5.32 Å². The Morgan fingerprint density at radius 3 is 2.67 bits per heavy atom. The van der Waals surface area contributed by atoms with Crippen LogP contribution >= 0.6 is 11.6 Å². The van der Waals surface area contributed by atoms with E-state index < -0.39 is 0 Å². The number of anilines is 1. The third-order valence-electron chi connectivity index (χ3n) is 3.79. The monoisotopic (exact) mass is 346 g/mol. The van der Waals surface area contributed by atoms with E-state index in [1.165, 1.54) is 0 Å². The Labute approximate surface area is 147 Å². The number of nitrogens with one attached hydrogen (secondary N) is 2. The molecule has 0 fully saturated rings. The summed E-state index contributed by atoms with van der Waals surface area (Å²) in [5, 5.41) is 16.1. The highest BCUT2D eigenvalue weighted by atomic mass is 35.5. The number of rotatable bonds is 8. The summed E-state index contributed by atoms with van der Waals surface area (Å²) >= 11 is 5.81. The molecule has 0 saturated carbocycles. The Morgan fingerprint density at radius 2 is 1.96 bits per heavy atom. The number of carbonyl (C=O) groups excluding carboxylic acids is 1. The fourth-order valence-electron chi connectivity index (χ4n) is 2.40. The fourth-order valence-corrected chi connectivity index (χ4v) is 2.53. The number of carbonyl (C=O) groups is 1. The predicted octanol–water partition coefficient (Wildman–Crippen LogP) is 3.90. The van der Waals surface area contributed by atoms with Crippen molar-refractivity contribution in [3.8, 4) is 0 Å². The van der Waals surface area contributed by atoms with Crippen LogP contribution in [0.25, 0.3) is 0 Å². The highest BCUT2D eigenvalue weighted by Crippen LogP contribution is 2.15. The highest BCUT2D eigenvalue weighted by molar-refractivity contribution is 6.30. The Bertz CT molecular complexity index is 659. The van der Waals surface area contributed by atoms with Crippen LogP contribution in [0.5, 0.6) is 0 Å². The minimum Gasteiger partial charge on any atom is -0.392 e. The van der Waals surface area contributed by atoms with Crippen LogP contribution in [0.4, 0.5) is 5.69 Å². The average Bonchev–Trinajstić information content (AvgIpc) is 2.60. The minimum absolute atomic E-state index is 0.00551. The van der Waals surface area contributed by atoms with Crippen LogP contribution in [0, 0.1) is 0 Å². The van der Waals surface area contributed by atoms with Crippen molar-refractivity contribution in [2.24, 2.45) is 0 Å². The average molecular weight is 347 g/mol. The fraction of sp³-hybridized carbons (Fsp3) is 0.316. The molecule has 0 aliphatic carbocycles. The van der Waals surface area contributed by atoms with Crippen molar-refractivity contribution in [3.63, 3.8) is 0 Å². The maximum absolute atomic E-state index is 11.9. The van der Waals surface area contributed by atoms with Gasteiger partial charge >= 0.3 is 0 Å². The molecule has 2 aromatic rings. The molecule has 0 aliphatic rings. The van der Waals surface area contributed by atoms with Crippen molar-refractivity contribution in [3.05, 3.63) is 64.7 Å². The predicted molar refractivity (Wildman–Crippen MR) is 98.1 cm³/mol. The van der Waals surface area contributed by atoms with E-state index in [1.54, 1.807) is 24.3 Å². The number of amides is 1. The van der Waals surface area contributed by atoms with E-state index in [9.17, 15) is 9.90 Å². The molecule has 0 aliphatic heterocycles. The van der Waals surface area contributed by atoms with E-state index in [1.807, 2.05) is 24.3 Å². The van der Waals surface area contributed by atoms with Crippen LogP contribution in [0.3, 0.4) is 0 Å². The lowest BCUT2D eigenvalue weighted by atomic mass is 10.1. The molecule has 0 heterocycles. The summed E-state index contributed by atoms with van der Waals surface area (Å²) in [4.78, 5) is 11.9. The van der Waals surface area contributed by atoms with Gasteiger partial charge in [0.25, 0.3) is 0 Å². The zero-order valence-electron chi connectivity index (χ0n) is 13.8. The van der Waals surface area contributed by atoms with Gasteiger partial charge in [-0.1, -0.05) is 35.9 Å². The van der Waals surface area contributed by atoms with Crippen molar-refractivity contribution < 1.29 is 9.90 Å². The van der Waals surface area contributed by atoms with Crippen LogP contribution in [-0.2, 0) is 11.4 Å². The van der Waals surface area contributed by atoms with Gasteiger partial charge in [0, 0.05) is 23.2 Å². The summed E-state index contributed by atoms with van der Waals surface area (Å²) in [5.74, 6) is -0.00551. The summed E-state index contributed by atoms with van der Waals surface area (Å²) in [5.41, 5.74) is 2.79. The summed E-state index contributed by atoms with van der Waals surface area (Å²) < 4.78 is 0. The smallest absolute Gasteiger partial charge is 0.224 e. The molecule has 0 bridgehead atoms. The van der Waals surface area contributed by atoms with E-state index in [0.717, 1.165) is 29.8 Å². The molecule has 24 heavy (non-hydrogen) atoms. The number of aliphatic hydroxyl groups is 1. The van der Waals surface area contributed by atoms with Crippen molar-refractivity contribution in [2.75, 3.05) is 11.9 Å². The van der Waals surface area contributed by atoms with Gasteiger partial charge in [-0.2, -0.15) is 0 Å². The van der Waals surface area contributed by atoms with Crippen molar-refractivity contribution in [1.29, 1.82) is 0 Å². The standard InChI is InChI=1S/C19H23ClN2O2/c1-14(16-5-2-4-15(12-16)13-23)21-11-3-6-19(24)22-18-9-7-17(20)8-10-18/h2,4-5,7-10,12,14,21,23H,3,6,11,13H2,1H3,(H,22,24). The van der Waals surface area contributed by atoms with Gasteiger partial charge in [-0.3, -0.25) is 4.79 Å².